The predicted molar refractivity (Wildman–Crippen MR) is 170 cm³/mol. The van der Waals surface area contributed by atoms with Crippen LogP contribution in [0.5, 0.6) is 0 Å². The van der Waals surface area contributed by atoms with Gasteiger partial charge in [-0.3, -0.25) is 4.98 Å². The molecule has 0 aliphatic heterocycles. The van der Waals surface area contributed by atoms with E-state index in [0.717, 1.165) is 33.4 Å². The second-order valence-corrected chi connectivity index (χ2v) is 9.97. The molecule has 7 aromatic rings. The van der Waals surface area contributed by atoms with Crippen LogP contribution < -0.4 is 0 Å². The number of hydrogen-bond acceptors (Lipinski definition) is 4. The van der Waals surface area contributed by atoms with Crippen LogP contribution in [0.3, 0.4) is 0 Å². The fourth-order valence-corrected chi connectivity index (χ4v) is 5.11. The van der Waals surface area contributed by atoms with E-state index in [1.54, 1.807) is 0 Å². The van der Waals surface area contributed by atoms with Crippen LogP contribution in [0, 0.1) is 0 Å². The predicted octanol–water partition coefficient (Wildman–Crippen LogP) is 9.27. The Bertz CT molecular complexity index is 1880. The molecule has 42 heavy (non-hydrogen) atoms. The van der Waals surface area contributed by atoms with Crippen molar-refractivity contribution in [2.75, 3.05) is 0 Å². The first kappa shape index (κ1) is 25.2. The molecule has 0 atom stereocenters. The maximum Gasteiger partial charge on any atom is 0.164 e. The van der Waals surface area contributed by atoms with Gasteiger partial charge in [0.15, 0.2) is 17.5 Å². The van der Waals surface area contributed by atoms with Gasteiger partial charge in [-0.2, -0.15) is 0 Å². The summed E-state index contributed by atoms with van der Waals surface area (Å²) in [5, 5.41) is 0. The van der Waals surface area contributed by atoms with Crippen molar-refractivity contribution in [3.63, 3.8) is 0 Å². The molecule has 0 N–H and O–H groups in total. The quantitative estimate of drug-likeness (QED) is 0.212. The maximum absolute atomic E-state index is 4.85. The fourth-order valence-electron chi connectivity index (χ4n) is 5.11. The largest absolute Gasteiger partial charge is 0.265 e. The summed E-state index contributed by atoms with van der Waals surface area (Å²) in [7, 11) is 0. The molecule has 198 valence electrons. The van der Waals surface area contributed by atoms with Crippen LogP contribution in [0.1, 0.15) is 0 Å². The van der Waals surface area contributed by atoms with Crippen LogP contribution in [0.15, 0.2) is 158 Å². The van der Waals surface area contributed by atoms with Crippen molar-refractivity contribution in [3.05, 3.63) is 158 Å². The van der Waals surface area contributed by atoms with Gasteiger partial charge in [-0.05, 0) is 45.5 Å². The summed E-state index contributed by atoms with van der Waals surface area (Å²) < 4.78 is 0. The van der Waals surface area contributed by atoms with E-state index in [2.05, 4.69) is 77.8 Å². The first-order valence-electron chi connectivity index (χ1n) is 13.9. The zero-order valence-electron chi connectivity index (χ0n) is 22.8. The number of benzene rings is 5. The van der Waals surface area contributed by atoms with Crippen molar-refractivity contribution in [2.24, 2.45) is 0 Å². The van der Waals surface area contributed by atoms with E-state index in [4.69, 9.17) is 15.0 Å². The molecule has 0 fully saturated rings. The van der Waals surface area contributed by atoms with E-state index in [1.165, 1.54) is 16.7 Å². The van der Waals surface area contributed by atoms with E-state index >= 15 is 0 Å². The molecule has 0 bridgehead atoms. The smallest absolute Gasteiger partial charge is 0.164 e. The maximum atomic E-state index is 4.85. The van der Waals surface area contributed by atoms with Gasteiger partial charge in [-0.1, -0.05) is 133 Å². The zero-order chi connectivity index (χ0) is 28.1. The molecule has 5 aromatic carbocycles. The first-order valence-corrected chi connectivity index (χ1v) is 13.9. The average Bonchev–Trinajstić information content (AvgIpc) is 3.09. The second-order valence-electron chi connectivity index (χ2n) is 9.97. The second kappa shape index (κ2) is 11.4. The third kappa shape index (κ3) is 5.21. The molecule has 0 unspecified atom stereocenters. The lowest BCUT2D eigenvalue weighted by atomic mass is 9.94. The SMILES string of the molecule is c1ccc(-c2nc(-c3ccccc3)nc(-c3ccc(-c4ccc(-c5ccccc5-c5ccncc5)cc4)cc3)n2)cc1. The Balaban J connectivity index is 1.20. The summed E-state index contributed by atoms with van der Waals surface area (Å²) in [6.07, 6.45) is 3.67. The van der Waals surface area contributed by atoms with E-state index in [1.807, 2.05) is 85.2 Å². The summed E-state index contributed by atoms with van der Waals surface area (Å²) in [6, 6.07) is 49.8. The number of nitrogens with zero attached hydrogens (tertiary/aromatic N) is 4. The standard InChI is InChI=1S/C38H26N4/c1-3-9-31(10-4-1)36-40-37(32-11-5-2-6-12-32)42-38(41-36)33-21-17-28(18-22-33)27-15-19-29(20-16-27)34-13-7-8-14-35(34)30-23-25-39-26-24-30/h1-26H. The van der Waals surface area contributed by atoms with Gasteiger partial charge in [0, 0.05) is 29.1 Å². The highest BCUT2D eigenvalue weighted by Crippen LogP contribution is 2.33. The fraction of sp³-hybridized carbons (Fsp3) is 0. The Labute approximate surface area is 245 Å². The lowest BCUT2D eigenvalue weighted by Gasteiger charge is -2.11. The van der Waals surface area contributed by atoms with Crippen molar-refractivity contribution in [2.45, 2.75) is 0 Å². The highest BCUT2D eigenvalue weighted by molar-refractivity contribution is 5.84. The summed E-state index contributed by atoms with van der Waals surface area (Å²) >= 11 is 0. The Kier molecular flexibility index (Phi) is 6.85. The van der Waals surface area contributed by atoms with Gasteiger partial charge in [-0.15, -0.1) is 0 Å². The van der Waals surface area contributed by atoms with E-state index in [-0.39, 0.29) is 0 Å². The van der Waals surface area contributed by atoms with Crippen LogP contribution in [-0.2, 0) is 0 Å². The van der Waals surface area contributed by atoms with Crippen molar-refractivity contribution in [3.8, 4) is 67.5 Å². The molecule has 0 aliphatic rings. The minimum Gasteiger partial charge on any atom is -0.265 e. The van der Waals surface area contributed by atoms with Crippen molar-refractivity contribution in [1.82, 2.24) is 19.9 Å². The molecular formula is C38H26N4. The minimum absolute atomic E-state index is 0.650. The number of hydrogen-bond donors (Lipinski definition) is 0. The Morgan fingerprint density at radius 1 is 0.262 bits per heavy atom. The average molecular weight is 539 g/mol. The molecular weight excluding hydrogens is 512 g/mol. The molecule has 7 rings (SSSR count). The van der Waals surface area contributed by atoms with E-state index < -0.39 is 0 Å². The molecule has 0 spiro atoms. The Morgan fingerprint density at radius 2 is 0.595 bits per heavy atom. The van der Waals surface area contributed by atoms with Gasteiger partial charge >= 0.3 is 0 Å². The summed E-state index contributed by atoms with van der Waals surface area (Å²) in [6.45, 7) is 0. The van der Waals surface area contributed by atoms with Gasteiger partial charge in [0.1, 0.15) is 0 Å². The zero-order valence-corrected chi connectivity index (χ0v) is 22.8. The highest BCUT2D eigenvalue weighted by atomic mass is 15.0. The summed E-state index contributed by atoms with van der Waals surface area (Å²) in [4.78, 5) is 18.7. The molecule has 0 aliphatic carbocycles. The van der Waals surface area contributed by atoms with E-state index in [0.29, 0.717) is 17.5 Å². The summed E-state index contributed by atoms with van der Waals surface area (Å²) in [5.41, 5.74) is 9.87. The van der Waals surface area contributed by atoms with Gasteiger partial charge in [-0.25, -0.2) is 15.0 Å². The molecule has 0 amide bonds. The van der Waals surface area contributed by atoms with Crippen LogP contribution in [0.25, 0.3) is 67.5 Å². The van der Waals surface area contributed by atoms with Crippen LogP contribution in [0.4, 0.5) is 0 Å². The minimum atomic E-state index is 0.650. The topological polar surface area (TPSA) is 51.6 Å². The normalized spacial score (nSPS) is 10.9. The molecule has 2 aromatic heterocycles. The third-order valence-electron chi connectivity index (χ3n) is 7.29. The molecule has 2 heterocycles. The third-order valence-corrected chi connectivity index (χ3v) is 7.29. The van der Waals surface area contributed by atoms with E-state index in [9.17, 15) is 0 Å². The number of rotatable bonds is 6. The Hall–Kier alpha value is -5.74. The molecule has 4 nitrogen and oxygen atoms in total. The van der Waals surface area contributed by atoms with Crippen molar-refractivity contribution in [1.29, 1.82) is 0 Å². The van der Waals surface area contributed by atoms with Crippen LogP contribution >= 0.6 is 0 Å². The number of pyridine rings is 1. The van der Waals surface area contributed by atoms with Gasteiger partial charge in [0.2, 0.25) is 0 Å². The van der Waals surface area contributed by atoms with Gasteiger partial charge in [0.05, 0.1) is 0 Å². The van der Waals surface area contributed by atoms with Gasteiger partial charge in [0.25, 0.3) is 0 Å². The monoisotopic (exact) mass is 538 g/mol. The van der Waals surface area contributed by atoms with Crippen LogP contribution in [0.2, 0.25) is 0 Å². The van der Waals surface area contributed by atoms with Gasteiger partial charge < -0.3 is 0 Å². The molecule has 0 radical (unpaired) electrons. The number of aromatic nitrogens is 4. The highest BCUT2D eigenvalue weighted by Gasteiger charge is 2.13. The molecule has 0 saturated heterocycles. The lowest BCUT2D eigenvalue weighted by molar-refractivity contribution is 1.07. The molecule has 4 heteroatoms. The summed E-state index contributed by atoms with van der Waals surface area (Å²) in [5.74, 6) is 1.97. The Morgan fingerprint density at radius 3 is 1.05 bits per heavy atom. The first-order chi connectivity index (χ1) is 20.8. The van der Waals surface area contributed by atoms with Crippen LogP contribution in [-0.4, -0.2) is 19.9 Å². The lowest BCUT2D eigenvalue weighted by Crippen LogP contribution is -2.00. The van der Waals surface area contributed by atoms with Crippen molar-refractivity contribution < 1.29 is 0 Å². The molecule has 0 saturated carbocycles. The van der Waals surface area contributed by atoms with Crippen molar-refractivity contribution >= 4 is 0 Å².